The normalized spacial score (nSPS) is 13.5. The molecular formula is C16H21N3O2S. The molecule has 0 saturated carbocycles. The molecule has 1 aromatic carbocycles. The number of hydrogen-bond acceptors (Lipinski definition) is 4. The maximum Gasteiger partial charge on any atom is 0.233 e. The minimum absolute atomic E-state index is 0.0108. The standard InChI is InChI=1S/C16H21N3O2S/c1-11(22-4)16(20)18-14(15-17-8-9-19(15)2)12-6-5-7-13(10-12)21-3/h5-11,14H,1-4H3,(H,18,20)/t11-,14+/m1/s1. The Morgan fingerprint density at radius 3 is 2.82 bits per heavy atom. The Bertz CT molecular complexity index is 642. The molecule has 0 fully saturated rings. The molecular weight excluding hydrogens is 298 g/mol. The van der Waals surface area contributed by atoms with Crippen LogP contribution in [0.2, 0.25) is 0 Å². The van der Waals surface area contributed by atoms with Gasteiger partial charge in [0, 0.05) is 19.4 Å². The summed E-state index contributed by atoms with van der Waals surface area (Å²) >= 11 is 1.52. The Morgan fingerprint density at radius 2 is 2.23 bits per heavy atom. The molecule has 1 aromatic heterocycles. The summed E-state index contributed by atoms with van der Waals surface area (Å²) in [4.78, 5) is 16.7. The number of thioether (sulfide) groups is 1. The van der Waals surface area contributed by atoms with Crippen molar-refractivity contribution >= 4 is 17.7 Å². The molecule has 0 bridgehead atoms. The van der Waals surface area contributed by atoms with Gasteiger partial charge in [0.15, 0.2) is 0 Å². The highest BCUT2D eigenvalue weighted by Gasteiger charge is 2.23. The summed E-state index contributed by atoms with van der Waals surface area (Å²) in [5.41, 5.74) is 0.940. The fourth-order valence-corrected chi connectivity index (χ4v) is 2.42. The topological polar surface area (TPSA) is 56.1 Å². The maximum absolute atomic E-state index is 12.3. The van der Waals surface area contributed by atoms with E-state index in [2.05, 4.69) is 10.3 Å². The van der Waals surface area contributed by atoms with E-state index in [0.717, 1.165) is 17.1 Å². The first-order valence-corrected chi connectivity index (χ1v) is 8.30. The lowest BCUT2D eigenvalue weighted by molar-refractivity contribution is -0.120. The predicted octanol–water partition coefficient (Wildman–Crippen LogP) is 2.39. The Morgan fingerprint density at radius 1 is 1.45 bits per heavy atom. The van der Waals surface area contributed by atoms with Gasteiger partial charge in [-0.25, -0.2) is 4.98 Å². The zero-order valence-corrected chi connectivity index (χ0v) is 14.1. The fraction of sp³-hybridized carbons (Fsp3) is 0.375. The number of hydrogen-bond donors (Lipinski definition) is 1. The Hall–Kier alpha value is -1.95. The number of carbonyl (C=O) groups is 1. The van der Waals surface area contributed by atoms with Crippen molar-refractivity contribution < 1.29 is 9.53 Å². The summed E-state index contributed by atoms with van der Waals surface area (Å²) in [6.45, 7) is 1.89. The molecule has 118 valence electrons. The van der Waals surface area contributed by atoms with Gasteiger partial charge in [0.05, 0.1) is 12.4 Å². The second-order valence-corrected chi connectivity index (χ2v) is 6.17. The van der Waals surface area contributed by atoms with Gasteiger partial charge in [-0.3, -0.25) is 4.79 Å². The van der Waals surface area contributed by atoms with Crippen molar-refractivity contribution in [3.8, 4) is 5.75 Å². The molecule has 2 aromatic rings. The zero-order chi connectivity index (χ0) is 16.1. The van der Waals surface area contributed by atoms with Crippen molar-refractivity contribution in [3.05, 3.63) is 48.0 Å². The molecule has 0 unspecified atom stereocenters. The first-order valence-electron chi connectivity index (χ1n) is 7.01. The first kappa shape index (κ1) is 16.4. The van der Waals surface area contributed by atoms with Crippen LogP contribution >= 0.6 is 11.8 Å². The lowest BCUT2D eigenvalue weighted by Crippen LogP contribution is -2.36. The number of aryl methyl sites for hydroxylation is 1. The molecule has 2 atom stereocenters. The number of nitrogens with one attached hydrogen (secondary N) is 1. The number of methoxy groups -OCH3 is 1. The monoisotopic (exact) mass is 319 g/mol. The summed E-state index contributed by atoms with van der Waals surface area (Å²) in [6.07, 6.45) is 5.52. The van der Waals surface area contributed by atoms with Gasteiger partial charge in [0.2, 0.25) is 5.91 Å². The van der Waals surface area contributed by atoms with Gasteiger partial charge in [-0.05, 0) is 30.9 Å². The average molecular weight is 319 g/mol. The van der Waals surface area contributed by atoms with Crippen LogP contribution < -0.4 is 10.1 Å². The van der Waals surface area contributed by atoms with E-state index in [1.54, 1.807) is 13.3 Å². The van der Waals surface area contributed by atoms with Gasteiger partial charge >= 0.3 is 0 Å². The van der Waals surface area contributed by atoms with Crippen LogP contribution in [0, 0.1) is 0 Å². The third-order valence-corrected chi connectivity index (χ3v) is 4.47. The van der Waals surface area contributed by atoms with Crippen molar-refractivity contribution in [2.24, 2.45) is 7.05 Å². The minimum atomic E-state index is -0.308. The van der Waals surface area contributed by atoms with Gasteiger partial charge in [0.25, 0.3) is 0 Å². The Labute approximate surface area is 135 Å². The molecule has 2 rings (SSSR count). The number of benzene rings is 1. The van der Waals surface area contributed by atoms with E-state index in [1.165, 1.54) is 11.8 Å². The van der Waals surface area contributed by atoms with Gasteiger partial charge in [-0.1, -0.05) is 12.1 Å². The van der Waals surface area contributed by atoms with Gasteiger partial charge < -0.3 is 14.6 Å². The number of carbonyl (C=O) groups excluding carboxylic acids is 1. The summed E-state index contributed by atoms with van der Waals surface area (Å²) in [5.74, 6) is 1.53. The van der Waals surface area contributed by atoms with Gasteiger partial charge in [-0.2, -0.15) is 11.8 Å². The highest BCUT2D eigenvalue weighted by atomic mass is 32.2. The van der Waals surface area contributed by atoms with E-state index in [0.29, 0.717) is 0 Å². The highest BCUT2D eigenvalue weighted by Crippen LogP contribution is 2.24. The smallest absolute Gasteiger partial charge is 0.233 e. The quantitative estimate of drug-likeness (QED) is 0.888. The van der Waals surface area contributed by atoms with Crippen molar-refractivity contribution in [3.63, 3.8) is 0 Å². The molecule has 0 saturated heterocycles. The number of imidazole rings is 1. The molecule has 1 N–H and O–H groups in total. The van der Waals surface area contributed by atoms with E-state index < -0.39 is 0 Å². The molecule has 22 heavy (non-hydrogen) atoms. The van der Waals surface area contributed by atoms with E-state index in [9.17, 15) is 4.79 Å². The lowest BCUT2D eigenvalue weighted by Gasteiger charge is -2.21. The lowest BCUT2D eigenvalue weighted by atomic mass is 10.1. The predicted molar refractivity (Wildman–Crippen MR) is 89.2 cm³/mol. The maximum atomic E-state index is 12.3. The van der Waals surface area contributed by atoms with Crippen LogP contribution in [0.4, 0.5) is 0 Å². The molecule has 0 aliphatic heterocycles. The van der Waals surface area contributed by atoms with Crippen LogP contribution in [0.5, 0.6) is 5.75 Å². The van der Waals surface area contributed by atoms with Gasteiger partial charge in [0.1, 0.15) is 17.6 Å². The molecule has 1 amide bonds. The van der Waals surface area contributed by atoms with Crippen LogP contribution in [0.3, 0.4) is 0 Å². The zero-order valence-electron chi connectivity index (χ0n) is 13.2. The van der Waals surface area contributed by atoms with E-state index >= 15 is 0 Å². The average Bonchev–Trinajstić information content (AvgIpc) is 2.97. The van der Waals surface area contributed by atoms with E-state index in [-0.39, 0.29) is 17.2 Å². The third kappa shape index (κ3) is 3.62. The summed E-state index contributed by atoms with van der Waals surface area (Å²) in [5, 5.41) is 2.96. The first-order chi connectivity index (χ1) is 10.6. The molecule has 0 aliphatic carbocycles. The van der Waals surface area contributed by atoms with Crippen LogP contribution in [-0.2, 0) is 11.8 Å². The van der Waals surface area contributed by atoms with Crippen LogP contribution in [0.15, 0.2) is 36.7 Å². The molecule has 0 radical (unpaired) electrons. The number of rotatable bonds is 6. The highest BCUT2D eigenvalue weighted by molar-refractivity contribution is 7.99. The van der Waals surface area contributed by atoms with E-state index in [4.69, 9.17) is 4.74 Å². The molecule has 0 aliphatic rings. The Kier molecular flexibility index (Phi) is 5.49. The van der Waals surface area contributed by atoms with Crippen LogP contribution in [-0.4, -0.2) is 34.1 Å². The number of aromatic nitrogens is 2. The number of nitrogens with zero attached hydrogens (tertiary/aromatic N) is 2. The largest absolute Gasteiger partial charge is 0.497 e. The second kappa shape index (κ2) is 7.35. The summed E-state index contributed by atoms with van der Waals surface area (Å²) in [6, 6.07) is 7.37. The third-order valence-electron chi connectivity index (χ3n) is 3.55. The van der Waals surface area contributed by atoms with Gasteiger partial charge in [-0.15, -0.1) is 0 Å². The molecule has 6 heteroatoms. The number of ether oxygens (including phenoxy) is 1. The number of amides is 1. The van der Waals surface area contributed by atoms with Crippen molar-refractivity contribution in [2.45, 2.75) is 18.2 Å². The molecule has 5 nitrogen and oxygen atoms in total. The second-order valence-electron chi connectivity index (χ2n) is 4.99. The van der Waals surface area contributed by atoms with E-state index in [1.807, 2.05) is 55.3 Å². The minimum Gasteiger partial charge on any atom is -0.497 e. The van der Waals surface area contributed by atoms with Crippen molar-refractivity contribution in [1.29, 1.82) is 0 Å². The molecule has 0 spiro atoms. The molecule has 1 heterocycles. The van der Waals surface area contributed by atoms with Crippen molar-refractivity contribution in [2.75, 3.05) is 13.4 Å². The van der Waals surface area contributed by atoms with Crippen LogP contribution in [0.1, 0.15) is 24.4 Å². The Balaban J connectivity index is 2.37. The fourth-order valence-electron chi connectivity index (χ4n) is 2.14. The van der Waals surface area contributed by atoms with Crippen LogP contribution in [0.25, 0.3) is 0 Å². The summed E-state index contributed by atoms with van der Waals surface area (Å²) < 4.78 is 7.19. The SMILES string of the molecule is COc1cccc([C@H](NC(=O)[C@@H](C)SC)c2nccn2C)c1. The summed E-state index contributed by atoms with van der Waals surface area (Å²) in [7, 11) is 3.54. The van der Waals surface area contributed by atoms with Crippen molar-refractivity contribution in [1.82, 2.24) is 14.9 Å².